The molecule has 0 aromatic heterocycles. The van der Waals surface area contributed by atoms with E-state index in [0.29, 0.717) is 18.7 Å². The molecule has 1 fully saturated rings. The van der Waals surface area contributed by atoms with E-state index in [-0.39, 0.29) is 28.9 Å². The molecule has 122 valence electrons. The van der Waals surface area contributed by atoms with Crippen molar-refractivity contribution < 1.29 is 14.7 Å². The Morgan fingerprint density at radius 2 is 1.86 bits per heavy atom. The van der Waals surface area contributed by atoms with Crippen molar-refractivity contribution in [2.75, 3.05) is 6.61 Å². The number of piperidine rings is 1. The molecule has 3 unspecified atom stereocenters. The van der Waals surface area contributed by atoms with Gasteiger partial charge in [0, 0.05) is 18.5 Å². The van der Waals surface area contributed by atoms with Crippen LogP contribution in [0.1, 0.15) is 54.9 Å². The van der Waals surface area contributed by atoms with E-state index >= 15 is 0 Å². The lowest BCUT2D eigenvalue weighted by Gasteiger charge is -2.47. The van der Waals surface area contributed by atoms with Gasteiger partial charge in [0.2, 0.25) is 0 Å². The van der Waals surface area contributed by atoms with E-state index in [4.69, 9.17) is 4.74 Å². The number of oxime groups is 1. The predicted octanol–water partition coefficient (Wildman–Crippen LogP) is 2.82. The number of esters is 1. The van der Waals surface area contributed by atoms with Crippen LogP contribution in [0, 0.1) is 16.7 Å². The van der Waals surface area contributed by atoms with E-state index in [2.05, 4.69) is 52.0 Å². The van der Waals surface area contributed by atoms with E-state index in [1.807, 2.05) is 0 Å². The average Bonchev–Trinajstić information content (AvgIpc) is 2.35. The summed E-state index contributed by atoms with van der Waals surface area (Å²) in [5, 5.41) is 16.4. The quantitative estimate of drug-likeness (QED) is 0.467. The maximum Gasteiger partial charge on any atom is 0.316 e. The summed E-state index contributed by atoms with van der Waals surface area (Å²) in [5.74, 6) is -0.848. The summed E-state index contributed by atoms with van der Waals surface area (Å²) in [6, 6.07) is 0.0266. The third-order valence-corrected chi connectivity index (χ3v) is 4.13. The zero-order chi connectivity index (χ0) is 16.4. The molecule has 0 aromatic carbocycles. The molecular weight excluding hydrogens is 268 g/mol. The minimum absolute atomic E-state index is 0.0130. The third-order valence-electron chi connectivity index (χ3n) is 4.13. The molecule has 2 N–H and O–H groups in total. The number of hydrogen-bond donors (Lipinski definition) is 2. The normalized spacial score (nSPS) is 29.5. The minimum Gasteiger partial charge on any atom is -0.465 e. The van der Waals surface area contributed by atoms with E-state index in [0.717, 1.165) is 0 Å². The topological polar surface area (TPSA) is 70.9 Å². The number of nitrogens with one attached hydrogen (secondary N) is 1. The molecule has 1 saturated heterocycles. The van der Waals surface area contributed by atoms with Crippen LogP contribution in [0.3, 0.4) is 0 Å². The number of ether oxygens (including phenoxy) is 1. The van der Waals surface area contributed by atoms with Crippen molar-refractivity contribution >= 4 is 11.7 Å². The van der Waals surface area contributed by atoms with Crippen molar-refractivity contribution in [2.45, 2.75) is 67.0 Å². The highest BCUT2D eigenvalue weighted by Crippen LogP contribution is 2.36. The predicted molar refractivity (Wildman–Crippen MR) is 83.6 cm³/mol. The maximum atomic E-state index is 12.3. The van der Waals surface area contributed by atoms with Gasteiger partial charge in [-0.25, -0.2) is 0 Å². The van der Waals surface area contributed by atoms with Crippen LogP contribution in [-0.4, -0.2) is 35.6 Å². The van der Waals surface area contributed by atoms with Crippen molar-refractivity contribution in [2.24, 2.45) is 21.9 Å². The summed E-state index contributed by atoms with van der Waals surface area (Å²) in [6.45, 7) is 14.8. The standard InChI is InChI=1S/C16H30N2O3/c1-8-21-14(19)12-10(18-20)9-11(15(2,3)4)17-13(12)16(5,6)7/h11-13,17,20H,8-9H2,1-7H3/b18-10-. The fraction of sp³-hybridized carbons (Fsp3) is 0.875. The van der Waals surface area contributed by atoms with Crippen LogP contribution >= 0.6 is 0 Å². The lowest BCUT2D eigenvalue weighted by molar-refractivity contribution is -0.148. The highest BCUT2D eigenvalue weighted by molar-refractivity contribution is 6.03. The Balaban J connectivity index is 3.18. The van der Waals surface area contributed by atoms with Crippen molar-refractivity contribution in [1.82, 2.24) is 5.32 Å². The van der Waals surface area contributed by atoms with Crippen LogP contribution in [-0.2, 0) is 9.53 Å². The molecule has 3 atom stereocenters. The summed E-state index contributed by atoms with van der Waals surface area (Å²) in [7, 11) is 0. The van der Waals surface area contributed by atoms with Crippen LogP contribution < -0.4 is 5.32 Å². The minimum atomic E-state index is -0.534. The van der Waals surface area contributed by atoms with E-state index in [1.54, 1.807) is 6.92 Å². The number of rotatable bonds is 2. The number of hydrogen-bond acceptors (Lipinski definition) is 5. The zero-order valence-electron chi connectivity index (χ0n) is 14.4. The fourth-order valence-corrected chi connectivity index (χ4v) is 2.81. The molecule has 0 aliphatic carbocycles. The highest BCUT2D eigenvalue weighted by atomic mass is 16.5. The summed E-state index contributed by atoms with van der Waals surface area (Å²) < 4.78 is 5.19. The van der Waals surface area contributed by atoms with Gasteiger partial charge in [-0.15, -0.1) is 0 Å². The second-order valence-electron chi connectivity index (χ2n) is 7.95. The largest absolute Gasteiger partial charge is 0.465 e. The van der Waals surface area contributed by atoms with Gasteiger partial charge >= 0.3 is 5.97 Å². The van der Waals surface area contributed by atoms with Crippen molar-refractivity contribution in [3.8, 4) is 0 Å². The Labute approximate surface area is 128 Å². The van der Waals surface area contributed by atoms with Crippen LogP contribution in [0.2, 0.25) is 0 Å². The van der Waals surface area contributed by atoms with Gasteiger partial charge in [0.25, 0.3) is 0 Å². The molecule has 1 heterocycles. The Morgan fingerprint density at radius 3 is 2.24 bits per heavy atom. The molecule has 0 saturated carbocycles. The summed E-state index contributed by atoms with van der Waals surface area (Å²) in [5.41, 5.74) is 0.378. The molecule has 0 bridgehead atoms. The van der Waals surface area contributed by atoms with E-state index in [9.17, 15) is 10.0 Å². The molecule has 5 nitrogen and oxygen atoms in total. The Morgan fingerprint density at radius 1 is 1.29 bits per heavy atom. The lowest BCUT2D eigenvalue weighted by Crippen LogP contribution is -2.62. The van der Waals surface area contributed by atoms with Gasteiger partial charge in [0.05, 0.1) is 12.3 Å². The first-order valence-electron chi connectivity index (χ1n) is 7.65. The smallest absolute Gasteiger partial charge is 0.316 e. The van der Waals surface area contributed by atoms with Crippen molar-refractivity contribution in [1.29, 1.82) is 0 Å². The first-order chi connectivity index (χ1) is 9.52. The average molecular weight is 298 g/mol. The van der Waals surface area contributed by atoms with Gasteiger partial charge in [-0.1, -0.05) is 46.7 Å². The Kier molecular flexibility index (Phi) is 5.42. The molecule has 0 aromatic rings. The van der Waals surface area contributed by atoms with E-state index in [1.165, 1.54) is 0 Å². The maximum absolute atomic E-state index is 12.3. The Bertz CT molecular complexity index is 405. The van der Waals surface area contributed by atoms with Crippen molar-refractivity contribution in [3.05, 3.63) is 0 Å². The lowest BCUT2D eigenvalue weighted by atomic mass is 9.69. The van der Waals surface area contributed by atoms with E-state index < -0.39 is 5.92 Å². The van der Waals surface area contributed by atoms with Crippen molar-refractivity contribution in [3.63, 3.8) is 0 Å². The first kappa shape index (κ1) is 18.0. The van der Waals surface area contributed by atoms with Gasteiger partial charge in [-0.2, -0.15) is 0 Å². The summed E-state index contributed by atoms with van der Waals surface area (Å²) >= 11 is 0. The van der Waals surface area contributed by atoms with Crippen LogP contribution in [0.4, 0.5) is 0 Å². The zero-order valence-corrected chi connectivity index (χ0v) is 14.4. The third kappa shape index (κ3) is 4.19. The molecule has 0 amide bonds. The SMILES string of the molecule is CCOC(=O)C1/C(=N\O)CC(C(C)(C)C)NC1C(C)(C)C. The highest BCUT2D eigenvalue weighted by Gasteiger charge is 2.47. The molecule has 0 spiro atoms. The van der Waals surface area contributed by atoms with Crippen LogP contribution in [0.15, 0.2) is 5.16 Å². The molecule has 1 aliphatic heterocycles. The van der Waals surface area contributed by atoms with Crippen LogP contribution in [0.5, 0.6) is 0 Å². The monoisotopic (exact) mass is 298 g/mol. The second-order valence-corrected chi connectivity index (χ2v) is 7.95. The fourth-order valence-electron chi connectivity index (χ4n) is 2.81. The molecule has 1 rings (SSSR count). The summed E-state index contributed by atoms with van der Waals surface area (Å²) in [6.07, 6.45) is 0.552. The molecule has 21 heavy (non-hydrogen) atoms. The Hall–Kier alpha value is -1.10. The van der Waals surface area contributed by atoms with Gasteiger partial charge in [0.15, 0.2) is 0 Å². The number of nitrogens with zero attached hydrogens (tertiary/aromatic N) is 1. The number of carbonyl (C=O) groups is 1. The van der Waals surface area contributed by atoms with Gasteiger partial charge < -0.3 is 15.3 Å². The molecule has 0 radical (unpaired) electrons. The first-order valence-corrected chi connectivity index (χ1v) is 7.65. The second kappa shape index (κ2) is 6.34. The van der Waals surface area contributed by atoms with Gasteiger partial charge in [0.1, 0.15) is 5.92 Å². The molecular formula is C16H30N2O3. The summed E-state index contributed by atoms with van der Waals surface area (Å²) in [4.78, 5) is 12.3. The van der Waals surface area contributed by atoms with Gasteiger partial charge in [-0.3, -0.25) is 4.79 Å². The molecule has 1 aliphatic rings. The molecule has 5 heteroatoms. The van der Waals surface area contributed by atoms with Gasteiger partial charge in [-0.05, 0) is 17.8 Å². The number of carbonyl (C=O) groups excluding carboxylic acids is 1. The van der Waals surface area contributed by atoms with Crippen LogP contribution in [0.25, 0.3) is 0 Å².